The zero-order valence-corrected chi connectivity index (χ0v) is 18.4. The van der Waals surface area contributed by atoms with E-state index in [2.05, 4.69) is 34.6 Å². The molecule has 8 heteroatoms. The van der Waals surface area contributed by atoms with E-state index in [1.54, 1.807) is 6.20 Å². The van der Waals surface area contributed by atoms with E-state index in [0.717, 1.165) is 22.4 Å². The van der Waals surface area contributed by atoms with Gasteiger partial charge in [0.2, 0.25) is 0 Å². The van der Waals surface area contributed by atoms with Crippen LogP contribution in [0.3, 0.4) is 0 Å². The molecule has 0 aliphatic rings. The number of aromatic nitrogens is 4. The summed E-state index contributed by atoms with van der Waals surface area (Å²) < 4.78 is 14.1. The van der Waals surface area contributed by atoms with Crippen molar-refractivity contribution in [2.75, 3.05) is 18.9 Å². The summed E-state index contributed by atoms with van der Waals surface area (Å²) in [4.78, 5) is 13.7. The van der Waals surface area contributed by atoms with Gasteiger partial charge >= 0.3 is 0 Å². The molecule has 0 aromatic carbocycles. The molecule has 152 valence electrons. The summed E-state index contributed by atoms with van der Waals surface area (Å²) in [6.07, 6.45) is 4.20. The molecule has 0 amide bonds. The lowest BCUT2D eigenvalue weighted by molar-refractivity contribution is 0.125. The van der Waals surface area contributed by atoms with Crippen molar-refractivity contribution in [3.05, 3.63) is 24.2 Å². The number of rotatable bonds is 10. The summed E-state index contributed by atoms with van der Waals surface area (Å²) in [5.74, 6) is 1.26. The first-order valence-corrected chi connectivity index (χ1v) is 13.2. The molecule has 7 nitrogen and oxygen atoms in total. The highest BCUT2D eigenvalue weighted by Gasteiger charge is 2.23. The van der Waals surface area contributed by atoms with E-state index in [4.69, 9.17) is 19.9 Å². The molecule has 28 heavy (non-hydrogen) atoms. The Morgan fingerprint density at radius 2 is 2.00 bits per heavy atom. The van der Waals surface area contributed by atoms with E-state index in [1.165, 1.54) is 18.9 Å². The third kappa shape index (κ3) is 4.51. The first kappa shape index (κ1) is 20.7. The van der Waals surface area contributed by atoms with E-state index >= 15 is 0 Å². The lowest BCUT2D eigenvalue weighted by Crippen LogP contribution is -2.31. The number of ether oxygens (including phenoxy) is 1. The molecular formula is C20H31N5O2Si. The van der Waals surface area contributed by atoms with Gasteiger partial charge in [-0.3, -0.25) is 4.98 Å². The van der Waals surface area contributed by atoms with Gasteiger partial charge in [0, 0.05) is 19.3 Å². The lowest BCUT2D eigenvalue weighted by atomic mass is 10.2. The molecule has 0 spiro atoms. The van der Waals surface area contributed by atoms with Crippen LogP contribution in [0.25, 0.3) is 22.1 Å². The van der Waals surface area contributed by atoms with Crippen LogP contribution in [-0.2, 0) is 22.3 Å². The van der Waals surface area contributed by atoms with Crippen molar-refractivity contribution in [3.8, 4) is 0 Å². The summed E-state index contributed by atoms with van der Waals surface area (Å²) >= 11 is 0. The van der Waals surface area contributed by atoms with Crippen LogP contribution in [0.1, 0.15) is 32.5 Å². The molecule has 0 saturated heterocycles. The molecule has 3 heterocycles. The number of hydrogen-bond donors (Lipinski definition) is 1. The Hall–Kier alpha value is -2.03. The number of hydrogen-bond acceptors (Lipinski definition) is 6. The molecule has 0 saturated carbocycles. The van der Waals surface area contributed by atoms with Crippen molar-refractivity contribution < 1.29 is 9.16 Å². The second-order valence-electron chi connectivity index (χ2n) is 7.59. The Morgan fingerprint density at radius 1 is 1.18 bits per heavy atom. The van der Waals surface area contributed by atoms with Crippen molar-refractivity contribution >= 4 is 36.2 Å². The molecule has 0 atom stereocenters. The average molecular weight is 402 g/mol. The van der Waals surface area contributed by atoms with Gasteiger partial charge in [-0.2, -0.15) is 0 Å². The minimum absolute atomic E-state index is 0.422. The van der Waals surface area contributed by atoms with E-state index in [-0.39, 0.29) is 0 Å². The lowest BCUT2D eigenvalue weighted by Gasteiger charge is -2.23. The van der Waals surface area contributed by atoms with Crippen LogP contribution in [0.2, 0.25) is 19.1 Å². The fourth-order valence-electron chi connectivity index (χ4n) is 3.40. The van der Waals surface area contributed by atoms with Crippen molar-refractivity contribution in [1.29, 1.82) is 0 Å². The molecule has 3 aromatic rings. The fraction of sp³-hybridized carbons (Fsp3) is 0.550. The van der Waals surface area contributed by atoms with Crippen LogP contribution in [0.15, 0.2) is 18.3 Å². The quantitative estimate of drug-likeness (QED) is 0.514. The predicted molar refractivity (Wildman–Crippen MR) is 116 cm³/mol. The maximum absolute atomic E-state index is 6.34. The third-order valence-corrected chi connectivity index (χ3v) is 7.46. The SMILES string of the molecule is CCCC[Si](C)(C)OCCn1c(COCC)nc2c(N)nc3cccnc3c21. The van der Waals surface area contributed by atoms with E-state index in [9.17, 15) is 0 Å². The molecule has 2 N–H and O–H groups in total. The van der Waals surface area contributed by atoms with Gasteiger partial charge in [-0.25, -0.2) is 9.97 Å². The Balaban J connectivity index is 1.96. The summed E-state index contributed by atoms with van der Waals surface area (Å²) in [6.45, 7) is 11.2. The summed E-state index contributed by atoms with van der Waals surface area (Å²) in [5.41, 5.74) is 9.38. The molecule has 0 radical (unpaired) electrons. The van der Waals surface area contributed by atoms with Gasteiger partial charge in [0.05, 0.1) is 12.1 Å². The van der Waals surface area contributed by atoms with Crippen LogP contribution < -0.4 is 5.73 Å². The Labute approximate surface area is 167 Å². The second kappa shape index (κ2) is 8.98. The molecule has 0 aliphatic heterocycles. The third-order valence-electron chi connectivity index (χ3n) is 4.92. The smallest absolute Gasteiger partial charge is 0.186 e. The molecule has 0 bridgehead atoms. The first-order chi connectivity index (χ1) is 13.5. The summed E-state index contributed by atoms with van der Waals surface area (Å²) in [6, 6.07) is 4.98. The van der Waals surface area contributed by atoms with Crippen LogP contribution >= 0.6 is 0 Å². The number of fused-ring (bicyclic) bond motifs is 3. The maximum atomic E-state index is 6.34. The van der Waals surface area contributed by atoms with E-state index in [0.29, 0.717) is 37.7 Å². The average Bonchev–Trinajstić information content (AvgIpc) is 3.04. The Morgan fingerprint density at radius 3 is 2.75 bits per heavy atom. The van der Waals surface area contributed by atoms with Crippen molar-refractivity contribution in [3.63, 3.8) is 0 Å². The monoisotopic (exact) mass is 401 g/mol. The normalized spacial score (nSPS) is 12.3. The van der Waals surface area contributed by atoms with E-state index < -0.39 is 8.32 Å². The van der Waals surface area contributed by atoms with Gasteiger partial charge in [-0.15, -0.1) is 0 Å². The number of unbranched alkanes of at least 4 members (excludes halogenated alkanes) is 1. The predicted octanol–water partition coefficient (Wildman–Crippen LogP) is 4.12. The van der Waals surface area contributed by atoms with E-state index in [1.807, 2.05) is 19.1 Å². The molecule has 0 fully saturated rings. The zero-order valence-electron chi connectivity index (χ0n) is 17.4. The van der Waals surface area contributed by atoms with Crippen molar-refractivity contribution in [1.82, 2.24) is 19.5 Å². The molecule has 0 aliphatic carbocycles. The molecule has 3 aromatic heterocycles. The minimum atomic E-state index is -1.65. The van der Waals surface area contributed by atoms with Crippen molar-refractivity contribution in [2.45, 2.75) is 59.0 Å². The highest BCUT2D eigenvalue weighted by Crippen LogP contribution is 2.28. The number of anilines is 1. The number of nitrogens with two attached hydrogens (primary N) is 1. The number of pyridine rings is 2. The summed E-state index contributed by atoms with van der Waals surface area (Å²) in [5, 5.41) is 0. The molecule has 3 rings (SSSR count). The second-order valence-corrected chi connectivity index (χ2v) is 11.9. The maximum Gasteiger partial charge on any atom is 0.186 e. The fourth-order valence-corrected chi connectivity index (χ4v) is 5.40. The van der Waals surface area contributed by atoms with Gasteiger partial charge in [-0.05, 0) is 38.2 Å². The topological polar surface area (TPSA) is 88.1 Å². The van der Waals surface area contributed by atoms with Gasteiger partial charge < -0.3 is 19.5 Å². The van der Waals surface area contributed by atoms with Gasteiger partial charge in [-0.1, -0.05) is 19.8 Å². The largest absolute Gasteiger partial charge is 0.416 e. The highest BCUT2D eigenvalue weighted by atomic mass is 28.4. The van der Waals surface area contributed by atoms with Crippen molar-refractivity contribution in [2.24, 2.45) is 0 Å². The number of imidazole rings is 1. The van der Waals surface area contributed by atoms with Gasteiger partial charge in [0.25, 0.3) is 0 Å². The standard InChI is InChI=1S/C20H31N5O2Si/c1-5-7-13-28(3,4)27-12-11-25-16(14-26-6-2)24-18-19(25)17-15(23-20(18)21)9-8-10-22-17/h8-10H,5-7,11-14H2,1-4H3,(H2,21,23). The number of nitrogens with zero attached hydrogens (tertiary/aromatic N) is 4. The number of nitrogen functional groups attached to an aromatic ring is 1. The molecule has 0 unspecified atom stereocenters. The van der Waals surface area contributed by atoms with Crippen LogP contribution in [0.4, 0.5) is 5.82 Å². The van der Waals surface area contributed by atoms with Crippen LogP contribution in [-0.4, -0.2) is 41.1 Å². The summed E-state index contributed by atoms with van der Waals surface area (Å²) in [7, 11) is -1.65. The van der Waals surface area contributed by atoms with Gasteiger partial charge in [0.15, 0.2) is 14.1 Å². The van der Waals surface area contributed by atoms with Gasteiger partial charge in [0.1, 0.15) is 29.0 Å². The van der Waals surface area contributed by atoms with Crippen LogP contribution in [0.5, 0.6) is 0 Å². The van der Waals surface area contributed by atoms with Crippen LogP contribution in [0, 0.1) is 0 Å². The minimum Gasteiger partial charge on any atom is -0.416 e. The molecular weight excluding hydrogens is 370 g/mol. The first-order valence-electron chi connectivity index (χ1n) is 10.1. The zero-order chi connectivity index (χ0) is 20.1. The Kier molecular flexibility index (Phi) is 6.64. The Bertz CT molecular complexity index is 941. The highest BCUT2D eigenvalue weighted by molar-refractivity contribution is 6.71.